The summed E-state index contributed by atoms with van der Waals surface area (Å²) in [6, 6.07) is 0. The molecular weight excluding hydrogens is 220 g/mol. The predicted molar refractivity (Wildman–Crippen MR) is 68.8 cm³/mol. The van der Waals surface area contributed by atoms with Crippen molar-refractivity contribution >= 4 is 23.0 Å². The van der Waals surface area contributed by atoms with Gasteiger partial charge in [0.15, 0.2) is 5.82 Å². The van der Waals surface area contributed by atoms with Gasteiger partial charge in [-0.25, -0.2) is 0 Å². The molecule has 0 atom stereocenters. The molecule has 0 amide bonds. The van der Waals surface area contributed by atoms with Crippen molar-refractivity contribution in [2.75, 3.05) is 18.0 Å². The molecule has 5 heteroatoms. The largest absolute Gasteiger partial charge is 0.389 e. The van der Waals surface area contributed by atoms with Crippen LogP contribution < -0.4 is 10.6 Å². The summed E-state index contributed by atoms with van der Waals surface area (Å²) < 4.78 is 0. The van der Waals surface area contributed by atoms with Gasteiger partial charge in [0.2, 0.25) is 0 Å². The van der Waals surface area contributed by atoms with E-state index in [0.717, 1.165) is 35.7 Å². The van der Waals surface area contributed by atoms with Crippen molar-refractivity contribution in [1.82, 2.24) is 10.2 Å². The minimum absolute atomic E-state index is 0.414. The van der Waals surface area contributed by atoms with Crippen molar-refractivity contribution in [3.8, 4) is 0 Å². The molecule has 4 nitrogen and oxygen atoms in total. The molecule has 0 spiro atoms. The summed E-state index contributed by atoms with van der Waals surface area (Å²) in [6.07, 6.45) is 2.40. The summed E-state index contributed by atoms with van der Waals surface area (Å²) in [7, 11) is 0. The Bertz CT molecular complexity index is 424. The van der Waals surface area contributed by atoms with Gasteiger partial charge in [0.25, 0.3) is 0 Å². The van der Waals surface area contributed by atoms with Crippen LogP contribution in [0.2, 0.25) is 0 Å². The molecule has 0 unspecified atom stereocenters. The first-order valence-corrected chi connectivity index (χ1v) is 5.90. The highest BCUT2D eigenvalue weighted by atomic mass is 32.1. The van der Waals surface area contributed by atoms with Gasteiger partial charge < -0.3 is 10.6 Å². The number of hydrogen-bond acceptors (Lipinski definition) is 4. The second kappa shape index (κ2) is 4.33. The number of anilines is 1. The fraction of sp³-hybridized carbons (Fsp3) is 0.545. The zero-order chi connectivity index (χ0) is 11.7. The molecular formula is C11H16N4S. The second-order valence-corrected chi connectivity index (χ2v) is 4.61. The van der Waals surface area contributed by atoms with E-state index in [1.807, 2.05) is 13.8 Å². The van der Waals surface area contributed by atoms with Gasteiger partial charge in [-0.15, -0.1) is 5.10 Å². The maximum atomic E-state index is 5.79. The maximum absolute atomic E-state index is 5.79. The van der Waals surface area contributed by atoms with Gasteiger partial charge in [0.05, 0.1) is 11.3 Å². The maximum Gasteiger partial charge on any atom is 0.161 e. The third kappa shape index (κ3) is 1.87. The van der Waals surface area contributed by atoms with Crippen LogP contribution in [0.5, 0.6) is 0 Å². The van der Waals surface area contributed by atoms with Crippen LogP contribution in [-0.4, -0.2) is 28.3 Å². The average Bonchev–Trinajstić information content (AvgIpc) is 2.74. The fourth-order valence-electron chi connectivity index (χ4n) is 2.04. The Labute approximate surface area is 101 Å². The van der Waals surface area contributed by atoms with Crippen LogP contribution in [0, 0.1) is 13.8 Å². The number of rotatable bonds is 2. The second-order valence-electron chi connectivity index (χ2n) is 4.17. The molecule has 0 radical (unpaired) electrons. The molecule has 0 aromatic carbocycles. The van der Waals surface area contributed by atoms with Gasteiger partial charge in [-0.2, -0.15) is 5.10 Å². The van der Waals surface area contributed by atoms with E-state index in [1.54, 1.807) is 0 Å². The Morgan fingerprint density at radius 1 is 1.25 bits per heavy atom. The van der Waals surface area contributed by atoms with Crippen LogP contribution in [0.25, 0.3) is 0 Å². The van der Waals surface area contributed by atoms with Crippen LogP contribution in [0.1, 0.15) is 29.7 Å². The third-order valence-corrected chi connectivity index (χ3v) is 3.29. The fourth-order valence-corrected chi connectivity index (χ4v) is 2.29. The van der Waals surface area contributed by atoms with Crippen molar-refractivity contribution in [2.45, 2.75) is 26.7 Å². The van der Waals surface area contributed by atoms with Gasteiger partial charge in [-0.3, -0.25) is 0 Å². The minimum Gasteiger partial charge on any atom is -0.389 e. The number of aromatic nitrogens is 2. The predicted octanol–water partition coefficient (Wildman–Crippen LogP) is 1.33. The van der Waals surface area contributed by atoms with Crippen molar-refractivity contribution in [3.63, 3.8) is 0 Å². The molecule has 2 heterocycles. The molecule has 1 fully saturated rings. The van der Waals surface area contributed by atoms with Crippen molar-refractivity contribution < 1.29 is 0 Å². The molecule has 16 heavy (non-hydrogen) atoms. The van der Waals surface area contributed by atoms with Gasteiger partial charge in [-0.1, -0.05) is 12.2 Å². The smallest absolute Gasteiger partial charge is 0.161 e. The molecule has 1 aliphatic rings. The zero-order valence-corrected chi connectivity index (χ0v) is 10.5. The first-order chi connectivity index (χ1) is 7.61. The number of nitrogens with two attached hydrogens (primary N) is 1. The molecule has 2 N–H and O–H groups in total. The van der Waals surface area contributed by atoms with Crippen molar-refractivity contribution in [3.05, 3.63) is 16.8 Å². The molecule has 1 aliphatic heterocycles. The summed E-state index contributed by atoms with van der Waals surface area (Å²) >= 11 is 5.12. The SMILES string of the molecule is Cc1nnc(N2CCCC2)c(C(N)=S)c1C. The van der Waals surface area contributed by atoms with E-state index < -0.39 is 0 Å². The quantitative estimate of drug-likeness (QED) is 0.785. The van der Waals surface area contributed by atoms with Crippen LogP contribution in [0.4, 0.5) is 5.82 Å². The normalized spacial score (nSPS) is 15.5. The third-order valence-electron chi connectivity index (χ3n) is 3.09. The van der Waals surface area contributed by atoms with E-state index in [1.165, 1.54) is 12.8 Å². The number of thiocarbonyl (C=S) groups is 1. The van der Waals surface area contributed by atoms with E-state index in [9.17, 15) is 0 Å². The molecule has 2 rings (SSSR count). The van der Waals surface area contributed by atoms with Gasteiger partial charge in [-0.05, 0) is 32.3 Å². The Balaban J connectivity index is 2.51. The highest BCUT2D eigenvalue weighted by Gasteiger charge is 2.21. The highest BCUT2D eigenvalue weighted by molar-refractivity contribution is 7.80. The van der Waals surface area contributed by atoms with Crippen LogP contribution in [0.3, 0.4) is 0 Å². The topological polar surface area (TPSA) is 55.0 Å². The Kier molecular flexibility index (Phi) is 3.05. The summed E-state index contributed by atoms with van der Waals surface area (Å²) in [6.45, 7) is 5.97. The van der Waals surface area contributed by atoms with Crippen molar-refractivity contribution in [1.29, 1.82) is 0 Å². The Morgan fingerprint density at radius 2 is 1.88 bits per heavy atom. The minimum atomic E-state index is 0.414. The summed E-state index contributed by atoms with van der Waals surface area (Å²) in [5.74, 6) is 0.855. The number of aryl methyl sites for hydroxylation is 1. The average molecular weight is 236 g/mol. The standard InChI is InChI=1S/C11H16N4S/c1-7-8(2)13-14-11(9(7)10(12)16)15-5-3-4-6-15/h3-6H2,1-2H3,(H2,12,16). The van der Waals surface area contributed by atoms with Gasteiger partial charge >= 0.3 is 0 Å². The lowest BCUT2D eigenvalue weighted by Crippen LogP contribution is -2.25. The number of hydrogen-bond donors (Lipinski definition) is 1. The molecule has 1 aromatic rings. The van der Waals surface area contributed by atoms with E-state index in [2.05, 4.69) is 15.1 Å². The molecule has 0 aliphatic carbocycles. The number of nitrogens with zero attached hydrogens (tertiary/aromatic N) is 3. The molecule has 0 saturated carbocycles. The van der Waals surface area contributed by atoms with Crippen LogP contribution >= 0.6 is 12.2 Å². The first-order valence-electron chi connectivity index (χ1n) is 5.50. The monoisotopic (exact) mass is 236 g/mol. The van der Waals surface area contributed by atoms with Gasteiger partial charge in [0.1, 0.15) is 4.99 Å². The molecule has 0 bridgehead atoms. The lowest BCUT2D eigenvalue weighted by atomic mass is 10.1. The van der Waals surface area contributed by atoms with E-state index in [-0.39, 0.29) is 0 Å². The van der Waals surface area contributed by atoms with Crippen LogP contribution in [0.15, 0.2) is 0 Å². The van der Waals surface area contributed by atoms with Crippen molar-refractivity contribution in [2.24, 2.45) is 5.73 Å². The Morgan fingerprint density at radius 3 is 2.44 bits per heavy atom. The lowest BCUT2D eigenvalue weighted by molar-refractivity contribution is 0.869. The summed E-state index contributed by atoms with van der Waals surface area (Å²) in [5, 5.41) is 8.41. The molecule has 1 saturated heterocycles. The summed E-state index contributed by atoms with van der Waals surface area (Å²) in [4.78, 5) is 2.63. The zero-order valence-electron chi connectivity index (χ0n) is 9.66. The lowest BCUT2D eigenvalue weighted by Gasteiger charge is -2.20. The van der Waals surface area contributed by atoms with E-state index >= 15 is 0 Å². The highest BCUT2D eigenvalue weighted by Crippen LogP contribution is 2.25. The summed E-state index contributed by atoms with van der Waals surface area (Å²) in [5.41, 5.74) is 8.62. The van der Waals surface area contributed by atoms with Crippen LogP contribution in [-0.2, 0) is 0 Å². The van der Waals surface area contributed by atoms with Gasteiger partial charge in [0, 0.05) is 13.1 Å². The van der Waals surface area contributed by atoms with E-state index in [4.69, 9.17) is 18.0 Å². The Hall–Kier alpha value is -1.23. The molecule has 1 aromatic heterocycles. The molecule has 86 valence electrons. The first kappa shape index (κ1) is 11.3. The van der Waals surface area contributed by atoms with E-state index in [0.29, 0.717) is 4.99 Å².